The van der Waals surface area contributed by atoms with E-state index >= 15 is 0 Å². The quantitative estimate of drug-likeness (QED) is 0.869. The molecule has 0 aromatic carbocycles. The number of rotatable bonds is 5. The van der Waals surface area contributed by atoms with Crippen LogP contribution in [0.25, 0.3) is 0 Å². The highest BCUT2D eigenvalue weighted by Gasteiger charge is 2.31. The first-order valence-corrected chi connectivity index (χ1v) is 5.50. The van der Waals surface area contributed by atoms with Crippen LogP contribution in [0.15, 0.2) is 18.5 Å². The summed E-state index contributed by atoms with van der Waals surface area (Å²) in [6.45, 7) is -0.298. The molecule has 96 valence electrons. The fourth-order valence-corrected chi connectivity index (χ4v) is 1.72. The summed E-state index contributed by atoms with van der Waals surface area (Å²) < 4.78 is 40.5. The van der Waals surface area contributed by atoms with Crippen LogP contribution in [0.3, 0.4) is 0 Å². The summed E-state index contributed by atoms with van der Waals surface area (Å²) in [5, 5.41) is 9.80. The molecule has 1 atom stereocenters. The van der Waals surface area contributed by atoms with E-state index < -0.39 is 19.1 Å². The van der Waals surface area contributed by atoms with Crippen molar-refractivity contribution in [3.05, 3.63) is 24.0 Å². The fourth-order valence-electron chi connectivity index (χ4n) is 1.72. The van der Waals surface area contributed by atoms with Gasteiger partial charge in [-0.15, -0.1) is 13.2 Å². The Morgan fingerprint density at radius 1 is 1.47 bits per heavy atom. The number of alkyl halides is 3. The third-order valence-electron chi connectivity index (χ3n) is 2.80. The van der Waals surface area contributed by atoms with E-state index in [1.54, 1.807) is 23.0 Å². The maximum Gasteiger partial charge on any atom is 0.522 e. The normalized spacial score (nSPS) is 18.4. The highest BCUT2D eigenvalue weighted by atomic mass is 19.4. The molecule has 2 rings (SSSR count). The molecular weight excluding hydrogens is 235 g/mol. The lowest BCUT2D eigenvalue weighted by atomic mass is 10.1. The zero-order valence-corrected chi connectivity index (χ0v) is 9.15. The van der Waals surface area contributed by atoms with Crippen LogP contribution >= 0.6 is 0 Å². The van der Waals surface area contributed by atoms with Crippen molar-refractivity contribution in [2.24, 2.45) is 5.92 Å². The summed E-state index contributed by atoms with van der Waals surface area (Å²) >= 11 is 0. The van der Waals surface area contributed by atoms with Crippen molar-refractivity contribution in [1.82, 2.24) is 4.57 Å². The molecule has 1 aliphatic carbocycles. The van der Waals surface area contributed by atoms with E-state index in [-0.39, 0.29) is 6.54 Å². The van der Waals surface area contributed by atoms with Crippen molar-refractivity contribution in [2.75, 3.05) is 6.61 Å². The maximum atomic E-state index is 11.7. The third-order valence-corrected chi connectivity index (χ3v) is 2.80. The van der Waals surface area contributed by atoms with Crippen LogP contribution in [-0.2, 0) is 11.3 Å². The molecule has 0 saturated heterocycles. The van der Waals surface area contributed by atoms with Gasteiger partial charge in [0.2, 0.25) is 0 Å². The Morgan fingerprint density at radius 3 is 2.76 bits per heavy atom. The van der Waals surface area contributed by atoms with Gasteiger partial charge in [-0.3, -0.25) is 4.74 Å². The van der Waals surface area contributed by atoms with Gasteiger partial charge in [0, 0.05) is 18.9 Å². The van der Waals surface area contributed by atoms with E-state index in [4.69, 9.17) is 0 Å². The standard InChI is InChI=1S/C11H14F3NO2/c12-11(13,14)17-6-5-15-4-3-9(7-15)10(16)8-1-2-8/h3-4,7-8,10,16H,1-2,5-6H2. The number of nitrogens with zero attached hydrogens (tertiary/aromatic N) is 1. The lowest BCUT2D eigenvalue weighted by molar-refractivity contribution is -0.325. The first kappa shape index (κ1) is 12.4. The largest absolute Gasteiger partial charge is 0.522 e. The van der Waals surface area contributed by atoms with Crippen molar-refractivity contribution in [3.63, 3.8) is 0 Å². The molecule has 1 heterocycles. The molecule has 0 aliphatic heterocycles. The Kier molecular flexibility index (Phi) is 3.44. The number of aliphatic hydroxyl groups is 1. The minimum atomic E-state index is -4.58. The van der Waals surface area contributed by atoms with Crippen molar-refractivity contribution < 1.29 is 23.0 Å². The molecule has 3 nitrogen and oxygen atoms in total. The fraction of sp³-hybridized carbons (Fsp3) is 0.636. The van der Waals surface area contributed by atoms with Crippen LogP contribution in [0.5, 0.6) is 0 Å². The van der Waals surface area contributed by atoms with Gasteiger partial charge in [-0.2, -0.15) is 0 Å². The first-order chi connectivity index (χ1) is 7.96. The van der Waals surface area contributed by atoms with Crippen LogP contribution in [0.4, 0.5) is 13.2 Å². The van der Waals surface area contributed by atoms with Crippen LogP contribution in [-0.4, -0.2) is 22.6 Å². The molecular formula is C11H14F3NO2. The number of ether oxygens (including phenoxy) is 1. The van der Waals surface area contributed by atoms with E-state index in [0.29, 0.717) is 5.92 Å². The SMILES string of the molecule is OC(c1ccn(CCOC(F)(F)F)c1)C1CC1. The molecule has 1 N–H and O–H groups in total. The zero-order chi connectivity index (χ0) is 12.5. The Balaban J connectivity index is 1.81. The second-order valence-electron chi connectivity index (χ2n) is 4.26. The molecule has 1 saturated carbocycles. The number of halogens is 3. The first-order valence-electron chi connectivity index (χ1n) is 5.50. The smallest absolute Gasteiger partial charge is 0.388 e. The van der Waals surface area contributed by atoms with Crippen LogP contribution in [0.2, 0.25) is 0 Å². The monoisotopic (exact) mass is 249 g/mol. The van der Waals surface area contributed by atoms with Gasteiger partial charge in [0.05, 0.1) is 12.7 Å². The molecule has 1 aromatic rings. The Morgan fingerprint density at radius 2 is 2.18 bits per heavy atom. The van der Waals surface area contributed by atoms with Gasteiger partial charge in [0.15, 0.2) is 0 Å². The van der Waals surface area contributed by atoms with E-state index in [9.17, 15) is 18.3 Å². The van der Waals surface area contributed by atoms with Gasteiger partial charge >= 0.3 is 6.36 Å². The average Bonchev–Trinajstić information content (AvgIpc) is 2.96. The molecule has 0 spiro atoms. The lowest BCUT2D eigenvalue weighted by Crippen LogP contribution is -2.16. The zero-order valence-electron chi connectivity index (χ0n) is 9.15. The highest BCUT2D eigenvalue weighted by Crippen LogP contribution is 2.40. The van der Waals surface area contributed by atoms with Crippen molar-refractivity contribution in [3.8, 4) is 0 Å². The number of aliphatic hydroxyl groups excluding tert-OH is 1. The lowest BCUT2D eigenvalue weighted by Gasteiger charge is -2.08. The molecule has 1 aromatic heterocycles. The van der Waals surface area contributed by atoms with Gasteiger partial charge in [0.25, 0.3) is 0 Å². The highest BCUT2D eigenvalue weighted by molar-refractivity contribution is 5.16. The Bertz CT molecular complexity index is 371. The van der Waals surface area contributed by atoms with Crippen molar-refractivity contribution in [1.29, 1.82) is 0 Å². The summed E-state index contributed by atoms with van der Waals surface area (Å²) in [6.07, 6.45) is 0.291. The van der Waals surface area contributed by atoms with E-state index in [1.807, 2.05) is 0 Å². The molecule has 0 radical (unpaired) electrons. The van der Waals surface area contributed by atoms with Crippen LogP contribution in [0.1, 0.15) is 24.5 Å². The van der Waals surface area contributed by atoms with Crippen molar-refractivity contribution in [2.45, 2.75) is 31.9 Å². The maximum absolute atomic E-state index is 11.7. The molecule has 1 fully saturated rings. The summed E-state index contributed by atoms with van der Waals surface area (Å²) in [5.41, 5.74) is 0.763. The topological polar surface area (TPSA) is 34.4 Å². The van der Waals surface area contributed by atoms with Gasteiger partial charge in [-0.25, -0.2) is 0 Å². The van der Waals surface area contributed by atoms with Crippen molar-refractivity contribution >= 4 is 0 Å². The molecule has 0 amide bonds. The van der Waals surface area contributed by atoms with E-state index in [2.05, 4.69) is 4.74 Å². The third kappa shape index (κ3) is 3.74. The predicted molar refractivity (Wildman–Crippen MR) is 54.1 cm³/mol. The number of hydrogen-bond acceptors (Lipinski definition) is 2. The van der Waals surface area contributed by atoms with Gasteiger partial charge in [-0.1, -0.05) is 0 Å². The predicted octanol–water partition coefficient (Wildman–Crippen LogP) is 2.47. The minimum Gasteiger partial charge on any atom is -0.388 e. The summed E-state index contributed by atoms with van der Waals surface area (Å²) in [5.74, 6) is 0.317. The summed E-state index contributed by atoms with van der Waals surface area (Å²) in [4.78, 5) is 0. The molecule has 1 aliphatic rings. The van der Waals surface area contributed by atoms with E-state index in [1.165, 1.54) is 0 Å². The second kappa shape index (κ2) is 4.70. The summed E-state index contributed by atoms with van der Waals surface area (Å²) in [7, 11) is 0. The minimum absolute atomic E-state index is 0.122. The summed E-state index contributed by atoms with van der Waals surface area (Å²) in [6, 6.07) is 1.73. The Labute approximate surface area is 96.8 Å². The second-order valence-corrected chi connectivity index (χ2v) is 4.26. The van der Waals surface area contributed by atoms with Gasteiger partial charge in [-0.05, 0) is 30.4 Å². The number of hydrogen-bond donors (Lipinski definition) is 1. The van der Waals surface area contributed by atoms with Gasteiger partial charge in [0.1, 0.15) is 0 Å². The van der Waals surface area contributed by atoms with E-state index in [0.717, 1.165) is 18.4 Å². The average molecular weight is 249 g/mol. The van der Waals surface area contributed by atoms with Gasteiger partial charge < -0.3 is 9.67 Å². The molecule has 0 bridgehead atoms. The van der Waals surface area contributed by atoms with Crippen LogP contribution in [0, 0.1) is 5.92 Å². The Hall–Kier alpha value is -1.01. The number of aromatic nitrogens is 1. The molecule has 6 heteroatoms. The molecule has 1 unspecified atom stereocenters. The van der Waals surface area contributed by atoms with Crippen LogP contribution < -0.4 is 0 Å². The molecule has 17 heavy (non-hydrogen) atoms.